The molecule has 0 bridgehead atoms. The third-order valence-electron chi connectivity index (χ3n) is 3.67. The van der Waals surface area contributed by atoms with Crippen molar-refractivity contribution in [3.05, 3.63) is 23.8 Å². The van der Waals surface area contributed by atoms with Crippen LogP contribution in [0.3, 0.4) is 0 Å². The van der Waals surface area contributed by atoms with E-state index in [-0.39, 0.29) is 18.4 Å². The second-order valence-corrected chi connectivity index (χ2v) is 5.57. The second kappa shape index (κ2) is 6.03. The molecule has 0 unspecified atom stereocenters. The number of hydrogen-bond acceptors (Lipinski definition) is 4. The molecule has 1 heterocycles. The molecule has 21 heavy (non-hydrogen) atoms. The summed E-state index contributed by atoms with van der Waals surface area (Å²) in [6.07, 6.45) is 0.868. The van der Waals surface area contributed by atoms with E-state index in [1.54, 1.807) is 44.2 Å². The summed E-state index contributed by atoms with van der Waals surface area (Å²) in [7, 11) is 5.23. The maximum atomic E-state index is 12.3. The molecule has 0 radical (unpaired) electrons. The van der Waals surface area contributed by atoms with Gasteiger partial charge in [0.15, 0.2) is 0 Å². The van der Waals surface area contributed by atoms with Crippen molar-refractivity contribution in [3.63, 3.8) is 0 Å². The molecular weight excluding hydrogens is 268 g/mol. The van der Waals surface area contributed by atoms with Gasteiger partial charge in [0, 0.05) is 39.9 Å². The fourth-order valence-electron chi connectivity index (χ4n) is 2.42. The van der Waals surface area contributed by atoms with Crippen molar-refractivity contribution in [1.82, 2.24) is 9.80 Å². The highest BCUT2D eigenvalue weighted by molar-refractivity contribution is 6.00. The van der Waals surface area contributed by atoms with Gasteiger partial charge in [-0.3, -0.25) is 9.59 Å². The molecular formula is C15H22N4O2. The number of carbonyl (C=O) groups excluding carboxylic acids is 2. The highest BCUT2D eigenvalue weighted by Gasteiger charge is 2.23. The first kappa shape index (κ1) is 15.2. The van der Waals surface area contributed by atoms with E-state index in [0.717, 1.165) is 25.2 Å². The zero-order valence-electron chi connectivity index (χ0n) is 12.8. The van der Waals surface area contributed by atoms with Crippen LogP contribution in [0.2, 0.25) is 0 Å². The normalized spacial score (nSPS) is 15.9. The molecule has 2 rings (SSSR count). The first-order chi connectivity index (χ1) is 9.90. The summed E-state index contributed by atoms with van der Waals surface area (Å²) >= 11 is 0. The number of amides is 2. The molecule has 0 atom stereocenters. The molecule has 0 aromatic heterocycles. The molecule has 6 nitrogen and oxygen atoms in total. The van der Waals surface area contributed by atoms with Crippen LogP contribution in [0.5, 0.6) is 0 Å². The Hall–Kier alpha value is -2.24. The Kier molecular flexibility index (Phi) is 4.35. The number of nitrogens with zero attached hydrogens (tertiary/aromatic N) is 3. The van der Waals surface area contributed by atoms with E-state index in [1.807, 2.05) is 4.90 Å². The Balaban J connectivity index is 2.39. The molecule has 0 spiro atoms. The van der Waals surface area contributed by atoms with Crippen LogP contribution in [0.15, 0.2) is 18.2 Å². The number of likely N-dealkylation sites (N-methyl/N-ethyl adjacent to an activating group) is 1. The minimum atomic E-state index is -0.0879. The van der Waals surface area contributed by atoms with Gasteiger partial charge in [-0.1, -0.05) is 0 Å². The fourth-order valence-corrected chi connectivity index (χ4v) is 2.42. The monoisotopic (exact) mass is 290 g/mol. The molecule has 1 aromatic rings. The van der Waals surface area contributed by atoms with E-state index in [1.165, 1.54) is 4.90 Å². The standard InChI is InChI=1S/C15H22N4O2/c1-17(2)15(21)12-6-5-11(16)9-13(12)19-8-4-7-18(3)14(20)10-19/h5-6,9H,4,7-8,10,16H2,1-3H3. The van der Waals surface area contributed by atoms with Crippen molar-refractivity contribution >= 4 is 23.2 Å². The average Bonchev–Trinajstić information content (AvgIpc) is 2.60. The minimum absolute atomic E-state index is 0.0539. The highest BCUT2D eigenvalue weighted by Crippen LogP contribution is 2.26. The number of benzene rings is 1. The summed E-state index contributed by atoms with van der Waals surface area (Å²) in [6.45, 7) is 1.73. The molecule has 1 saturated heterocycles. The van der Waals surface area contributed by atoms with E-state index in [0.29, 0.717) is 11.3 Å². The molecule has 0 saturated carbocycles. The van der Waals surface area contributed by atoms with Crippen molar-refractivity contribution in [2.45, 2.75) is 6.42 Å². The Labute approximate surface area is 125 Å². The van der Waals surface area contributed by atoms with Gasteiger partial charge >= 0.3 is 0 Å². The van der Waals surface area contributed by atoms with Crippen LogP contribution >= 0.6 is 0 Å². The number of rotatable bonds is 2. The predicted molar refractivity (Wildman–Crippen MR) is 83.3 cm³/mol. The van der Waals surface area contributed by atoms with Gasteiger partial charge in [0.25, 0.3) is 5.91 Å². The topological polar surface area (TPSA) is 69.9 Å². The van der Waals surface area contributed by atoms with Crippen LogP contribution in [0.1, 0.15) is 16.8 Å². The van der Waals surface area contributed by atoms with Crippen LogP contribution in [0.25, 0.3) is 0 Å². The van der Waals surface area contributed by atoms with E-state index in [9.17, 15) is 9.59 Å². The number of anilines is 2. The molecule has 114 valence electrons. The lowest BCUT2D eigenvalue weighted by molar-refractivity contribution is -0.127. The first-order valence-corrected chi connectivity index (χ1v) is 7.00. The summed E-state index contributed by atoms with van der Waals surface area (Å²) in [5.74, 6) is -0.0340. The van der Waals surface area contributed by atoms with E-state index >= 15 is 0 Å². The van der Waals surface area contributed by atoms with Gasteiger partial charge in [-0.15, -0.1) is 0 Å². The fraction of sp³-hybridized carbons (Fsp3) is 0.467. The van der Waals surface area contributed by atoms with Gasteiger partial charge < -0.3 is 20.4 Å². The van der Waals surface area contributed by atoms with Gasteiger partial charge in [-0.2, -0.15) is 0 Å². The Bertz CT molecular complexity index is 557. The highest BCUT2D eigenvalue weighted by atomic mass is 16.2. The zero-order valence-corrected chi connectivity index (χ0v) is 12.8. The molecule has 1 aliphatic heterocycles. The smallest absolute Gasteiger partial charge is 0.255 e. The Morgan fingerprint density at radius 1 is 1.29 bits per heavy atom. The van der Waals surface area contributed by atoms with E-state index < -0.39 is 0 Å². The van der Waals surface area contributed by atoms with Crippen molar-refractivity contribution < 1.29 is 9.59 Å². The number of carbonyl (C=O) groups is 2. The summed E-state index contributed by atoms with van der Waals surface area (Å²) in [4.78, 5) is 29.6. The maximum Gasteiger partial charge on any atom is 0.255 e. The van der Waals surface area contributed by atoms with Crippen molar-refractivity contribution in [3.8, 4) is 0 Å². The third kappa shape index (κ3) is 3.26. The van der Waals surface area contributed by atoms with Crippen molar-refractivity contribution in [1.29, 1.82) is 0 Å². The number of nitrogens with two attached hydrogens (primary N) is 1. The lowest BCUT2D eigenvalue weighted by Gasteiger charge is -2.25. The minimum Gasteiger partial charge on any atom is -0.399 e. The number of hydrogen-bond donors (Lipinski definition) is 1. The largest absolute Gasteiger partial charge is 0.399 e. The molecule has 2 amide bonds. The van der Waals surface area contributed by atoms with Crippen LogP contribution in [0.4, 0.5) is 11.4 Å². The van der Waals surface area contributed by atoms with Gasteiger partial charge in [0.2, 0.25) is 5.91 Å². The molecule has 1 aliphatic rings. The SMILES string of the molecule is CN(C)C(=O)c1ccc(N)cc1N1CCCN(C)C(=O)C1. The van der Waals surface area contributed by atoms with Gasteiger partial charge in [0.05, 0.1) is 17.8 Å². The second-order valence-electron chi connectivity index (χ2n) is 5.57. The molecule has 2 N–H and O–H groups in total. The average molecular weight is 290 g/mol. The number of nitrogen functional groups attached to an aromatic ring is 1. The van der Waals surface area contributed by atoms with E-state index in [4.69, 9.17) is 5.73 Å². The lowest BCUT2D eigenvalue weighted by Crippen LogP contribution is -2.35. The first-order valence-electron chi connectivity index (χ1n) is 7.00. The van der Waals surface area contributed by atoms with Gasteiger partial charge in [0.1, 0.15) is 0 Å². The van der Waals surface area contributed by atoms with Crippen LogP contribution in [-0.4, -0.2) is 62.4 Å². The van der Waals surface area contributed by atoms with Gasteiger partial charge in [-0.05, 0) is 24.6 Å². The van der Waals surface area contributed by atoms with Gasteiger partial charge in [-0.25, -0.2) is 0 Å². The zero-order chi connectivity index (χ0) is 15.6. The third-order valence-corrected chi connectivity index (χ3v) is 3.67. The maximum absolute atomic E-state index is 12.3. The van der Waals surface area contributed by atoms with Crippen molar-refractivity contribution in [2.24, 2.45) is 0 Å². The molecule has 1 fully saturated rings. The van der Waals surface area contributed by atoms with Crippen molar-refractivity contribution in [2.75, 3.05) is 51.4 Å². The predicted octanol–water partition coefficient (Wildman–Crippen LogP) is 0.639. The lowest BCUT2D eigenvalue weighted by atomic mass is 10.1. The molecule has 0 aliphatic carbocycles. The summed E-state index contributed by atoms with van der Waals surface area (Å²) in [5.41, 5.74) is 7.76. The van der Waals surface area contributed by atoms with Crippen LogP contribution < -0.4 is 10.6 Å². The quantitative estimate of drug-likeness (QED) is 0.812. The summed E-state index contributed by atoms with van der Waals surface area (Å²) in [5, 5.41) is 0. The molecule has 6 heteroatoms. The van der Waals surface area contributed by atoms with Crippen LogP contribution in [0, 0.1) is 0 Å². The summed E-state index contributed by atoms with van der Waals surface area (Å²) < 4.78 is 0. The molecule has 1 aromatic carbocycles. The Morgan fingerprint density at radius 3 is 2.67 bits per heavy atom. The van der Waals surface area contributed by atoms with Crippen LogP contribution in [-0.2, 0) is 4.79 Å². The van der Waals surface area contributed by atoms with E-state index in [2.05, 4.69) is 0 Å². The summed E-state index contributed by atoms with van der Waals surface area (Å²) in [6, 6.07) is 5.22. The Morgan fingerprint density at radius 2 is 2.00 bits per heavy atom.